The molecule has 2 aliphatic heterocycles. The highest BCUT2D eigenvalue weighted by Crippen LogP contribution is 2.62. The van der Waals surface area contributed by atoms with Gasteiger partial charge >= 0.3 is 0 Å². The molecule has 1 N–H and O–H groups in total. The normalized spacial score (nSPS) is 52.9. The van der Waals surface area contributed by atoms with Crippen molar-refractivity contribution in [2.75, 3.05) is 20.6 Å². The molecule has 22 heavy (non-hydrogen) atoms. The number of aliphatic hydroxyl groups is 1. The van der Waals surface area contributed by atoms with Gasteiger partial charge in [0.05, 0.1) is 15.3 Å². The van der Waals surface area contributed by atoms with Crippen LogP contribution in [0, 0.1) is 5.92 Å². The van der Waals surface area contributed by atoms with E-state index in [9.17, 15) is 6.48 Å². The third-order valence-electron chi connectivity index (χ3n) is 5.68. The lowest BCUT2D eigenvalue weighted by Gasteiger charge is -2.56. The second kappa shape index (κ2) is 4.06. The first kappa shape index (κ1) is 7.84. The minimum Gasteiger partial charge on any atom is -0.493 e. The molecule has 2 aliphatic carbocycles. The predicted molar refractivity (Wildman–Crippen MR) is 82.5 cm³/mol. The zero-order valence-electron chi connectivity index (χ0n) is 19.1. The zero-order chi connectivity index (χ0) is 21.1. The zero-order valence-corrected chi connectivity index (χ0v) is 12.1. The molecule has 5 atom stereocenters. The molecular weight excluding hydrogens is 278 g/mol. The van der Waals surface area contributed by atoms with Gasteiger partial charge in [0.2, 0.25) is 0 Å². The van der Waals surface area contributed by atoms with Crippen LogP contribution in [0.1, 0.15) is 27.1 Å². The highest BCUT2D eigenvalue weighted by molar-refractivity contribution is 5.62. The molecule has 4 heteroatoms. The fourth-order valence-corrected chi connectivity index (χ4v) is 4.74. The lowest BCUT2D eigenvalue weighted by molar-refractivity contribution is -0.0453. The minimum absolute atomic E-state index is 0.0214. The maximum Gasteiger partial charge on any atom is 0.165 e. The van der Waals surface area contributed by atoms with Crippen molar-refractivity contribution in [1.82, 2.24) is 4.90 Å². The highest BCUT2D eigenvalue weighted by atomic mass is 16.5. The number of hydrogen-bond acceptors (Lipinski definition) is 4. The molecule has 1 saturated heterocycles. The SMILES string of the molecule is [2H]c1c([2H])c(OC([2H])([2H])[2H])c2c3c1C[C@]1([2H])[C@@H]4C=CC([2H])(O)C(O2)[C@]34CCN1C. The Bertz CT molecular complexity index is 962. The molecule has 1 aromatic rings. The summed E-state index contributed by atoms with van der Waals surface area (Å²) in [7, 11) is -1.01. The van der Waals surface area contributed by atoms with Crippen LogP contribution < -0.4 is 9.47 Å². The number of piperidine rings is 1. The average molecular weight is 306 g/mol. The molecule has 1 aromatic carbocycles. The Morgan fingerprint density at radius 2 is 2.45 bits per heavy atom. The fourth-order valence-electron chi connectivity index (χ4n) is 4.74. The molecule has 1 spiro atoms. The Kier molecular flexibility index (Phi) is 1.45. The molecule has 0 radical (unpaired) electrons. The van der Waals surface area contributed by atoms with Gasteiger partial charge in [-0.15, -0.1) is 0 Å². The van der Waals surface area contributed by atoms with Crippen molar-refractivity contribution in [3.05, 3.63) is 35.4 Å². The summed E-state index contributed by atoms with van der Waals surface area (Å²) in [5, 5.41) is 10.8. The topological polar surface area (TPSA) is 41.9 Å². The molecule has 1 fully saturated rings. The van der Waals surface area contributed by atoms with Crippen LogP contribution in [0.5, 0.6) is 11.5 Å². The van der Waals surface area contributed by atoms with Crippen molar-refractivity contribution in [2.45, 2.75) is 36.5 Å². The van der Waals surface area contributed by atoms with Gasteiger partial charge in [0.15, 0.2) is 11.5 Å². The minimum atomic E-state index is -2.85. The monoisotopic (exact) mass is 306 g/mol. The third-order valence-corrected chi connectivity index (χ3v) is 5.68. The van der Waals surface area contributed by atoms with Crippen LogP contribution in [-0.2, 0) is 11.8 Å². The Morgan fingerprint density at radius 1 is 1.55 bits per heavy atom. The van der Waals surface area contributed by atoms with Crippen molar-refractivity contribution in [2.24, 2.45) is 5.92 Å². The summed E-state index contributed by atoms with van der Waals surface area (Å²) in [6.45, 7) is 0.522. The van der Waals surface area contributed by atoms with E-state index in [1.807, 2.05) is 11.9 Å². The van der Waals surface area contributed by atoms with Crippen molar-refractivity contribution >= 4 is 0 Å². The standard InChI is InChI=1S/C18H21NO3/c1-19-8-7-18-11-4-5-13(20)17(18)22-16-14(21-2)6-3-10(15(16)18)9-12(11)19/h3-6,11-13,17,20H,7-9H2,1-2H3/t11-,12+,13?,17?,18-/m0/s1/i2D3,3D,6D,12D,13D. The van der Waals surface area contributed by atoms with E-state index in [2.05, 4.69) is 0 Å². The first-order valence-electron chi connectivity index (χ1n) is 11.0. The van der Waals surface area contributed by atoms with Gasteiger partial charge in [-0.3, -0.25) is 0 Å². The summed E-state index contributed by atoms with van der Waals surface area (Å²) in [5.74, 6) is -0.758. The molecule has 5 rings (SSSR count). The summed E-state index contributed by atoms with van der Waals surface area (Å²) in [5.41, 5.74) is 0.00623. The summed E-state index contributed by atoms with van der Waals surface area (Å²) in [6.07, 6.45) is 0.465. The van der Waals surface area contributed by atoms with E-state index in [0.29, 0.717) is 24.1 Å². The van der Waals surface area contributed by atoms with Gasteiger partial charge in [0.1, 0.15) is 12.2 Å². The summed E-state index contributed by atoms with van der Waals surface area (Å²) in [6, 6.07) is -1.75. The Balaban J connectivity index is 1.86. The maximum absolute atomic E-state index is 10.8. The number of methoxy groups -OCH3 is 1. The number of rotatable bonds is 1. The Morgan fingerprint density at radius 3 is 3.32 bits per heavy atom. The van der Waals surface area contributed by atoms with Crippen LogP contribution in [0.15, 0.2) is 24.2 Å². The van der Waals surface area contributed by atoms with E-state index in [-0.39, 0.29) is 24.0 Å². The highest BCUT2D eigenvalue weighted by Gasteiger charge is 2.64. The van der Waals surface area contributed by atoms with E-state index in [1.165, 1.54) is 6.08 Å². The Labute approximate surface area is 140 Å². The van der Waals surface area contributed by atoms with Crippen molar-refractivity contribution in [3.8, 4) is 11.5 Å². The van der Waals surface area contributed by atoms with Gasteiger partial charge in [-0.1, -0.05) is 18.2 Å². The van der Waals surface area contributed by atoms with E-state index in [4.69, 9.17) is 17.7 Å². The lowest BCUT2D eigenvalue weighted by Crippen LogP contribution is -2.64. The lowest BCUT2D eigenvalue weighted by atomic mass is 9.53. The second-order valence-electron chi connectivity index (χ2n) is 6.50. The Hall–Kier alpha value is -1.52. The number of likely N-dealkylation sites (tertiary alicyclic amines) is 1. The summed E-state index contributed by atoms with van der Waals surface area (Å²) >= 11 is 0. The average Bonchev–Trinajstić information content (AvgIpc) is 2.95. The summed E-state index contributed by atoms with van der Waals surface area (Å²) in [4.78, 5) is 1.90. The van der Waals surface area contributed by atoms with E-state index >= 15 is 0 Å². The molecule has 4 nitrogen and oxygen atoms in total. The van der Waals surface area contributed by atoms with Crippen molar-refractivity contribution < 1.29 is 24.2 Å². The molecule has 0 aromatic heterocycles. The van der Waals surface area contributed by atoms with E-state index < -0.39 is 42.6 Å². The number of likely N-dealkylation sites (N-methyl/N-ethyl adjacent to an activating group) is 1. The van der Waals surface area contributed by atoms with E-state index in [0.717, 1.165) is 0 Å². The quantitative estimate of drug-likeness (QED) is 0.799. The number of benzene rings is 1. The first-order valence-corrected chi connectivity index (χ1v) is 7.48. The molecular formula is C18H21NO3. The van der Waals surface area contributed by atoms with Crippen LogP contribution in [0.25, 0.3) is 0 Å². The molecule has 4 aliphatic rings. The van der Waals surface area contributed by atoms with Crippen LogP contribution in [-0.4, -0.2) is 48.8 Å². The molecule has 2 unspecified atom stereocenters. The predicted octanol–water partition coefficient (Wildman–Crippen LogP) is 1.50. The van der Waals surface area contributed by atoms with Crippen LogP contribution in [0.2, 0.25) is 0 Å². The van der Waals surface area contributed by atoms with E-state index in [1.54, 1.807) is 6.08 Å². The van der Waals surface area contributed by atoms with Gasteiger partial charge in [-0.2, -0.15) is 0 Å². The maximum atomic E-state index is 10.8. The molecule has 0 amide bonds. The van der Waals surface area contributed by atoms with Crippen LogP contribution in [0.4, 0.5) is 0 Å². The van der Waals surface area contributed by atoms with Gasteiger partial charge in [-0.25, -0.2) is 0 Å². The molecule has 116 valence electrons. The first-order chi connectivity index (χ1) is 13.3. The molecule has 2 heterocycles. The number of nitrogens with zero attached hydrogens (tertiary/aromatic N) is 1. The van der Waals surface area contributed by atoms with Crippen LogP contribution in [0.3, 0.4) is 0 Å². The molecule has 0 saturated carbocycles. The molecule has 2 bridgehead atoms. The smallest absolute Gasteiger partial charge is 0.165 e. The van der Waals surface area contributed by atoms with Crippen LogP contribution >= 0.6 is 0 Å². The summed E-state index contributed by atoms with van der Waals surface area (Å²) < 4.78 is 68.0. The van der Waals surface area contributed by atoms with Gasteiger partial charge in [0.25, 0.3) is 0 Å². The van der Waals surface area contributed by atoms with Gasteiger partial charge < -0.3 is 19.5 Å². The van der Waals surface area contributed by atoms with Crippen molar-refractivity contribution in [3.63, 3.8) is 0 Å². The number of ether oxygens (including phenoxy) is 2. The van der Waals surface area contributed by atoms with Gasteiger partial charge in [-0.05, 0) is 38.0 Å². The third kappa shape index (κ3) is 1.28. The second-order valence-corrected chi connectivity index (χ2v) is 6.50. The largest absolute Gasteiger partial charge is 0.493 e. The fraction of sp³-hybridized carbons (Fsp3) is 0.556. The van der Waals surface area contributed by atoms with Crippen molar-refractivity contribution in [1.29, 1.82) is 0 Å². The number of hydrogen-bond donors (Lipinski definition) is 1. The van der Waals surface area contributed by atoms with Gasteiger partial charge in [0, 0.05) is 24.3 Å².